The molecule has 2 atom stereocenters. The van der Waals surface area contributed by atoms with Crippen LogP contribution in [-0.4, -0.2) is 19.3 Å². The summed E-state index contributed by atoms with van der Waals surface area (Å²) in [7, 11) is 0. The third kappa shape index (κ3) is 5.25. The van der Waals surface area contributed by atoms with Gasteiger partial charge >= 0.3 is 0 Å². The molecule has 2 aromatic rings. The third-order valence-electron chi connectivity index (χ3n) is 5.58. The lowest BCUT2D eigenvalue weighted by atomic mass is 9.88. The molecule has 0 aromatic heterocycles. The van der Waals surface area contributed by atoms with Crippen molar-refractivity contribution in [2.24, 2.45) is 0 Å². The van der Waals surface area contributed by atoms with Gasteiger partial charge in [0.1, 0.15) is 11.6 Å². The second kappa shape index (κ2) is 10.7. The standard InChI is InChI=1S/C25H29F3O2/c1-3-5-6-14-29-19-10-11-21(23(26)15-19)22-13-12-20(24(27)25(22)28)17-8-9-18(7-4-2)30-16-17/h3,10-13,15,17-18H,1,4-9,14,16H2,2H3. The summed E-state index contributed by atoms with van der Waals surface area (Å²) in [6, 6.07) is 7.21. The number of rotatable bonds is 9. The molecule has 162 valence electrons. The van der Waals surface area contributed by atoms with Crippen LogP contribution in [0.4, 0.5) is 13.2 Å². The summed E-state index contributed by atoms with van der Waals surface area (Å²) in [5.74, 6) is -2.41. The Morgan fingerprint density at radius 3 is 2.57 bits per heavy atom. The van der Waals surface area contributed by atoms with E-state index in [2.05, 4.69) is 13.5 Å². The van der Waals surface area contributed by atoms with Crippen LogP contribution >= 0.6 is 0 Å². The molecule has 30 heavy (non-hydrogen) atoms. The van der Waals surface area contributed by atoms with Crippen LogP contribution in [0, 0.1) is 17.5 Å². The quantitative estimate of drug-likeness (QED) is 0.317. The Morgan fingerprint density at radius 2 is 1.90 bits per heavy atom. The molecule has 0 radical (unpaired) electrons. The average Bonchev–Trinajstić information content (AvgIpc) is 2.75. The number of halogens is 3. The van der Waals surface area contributed by atoms with E-state index in [0.717, 1.165) is 38.5 Å². The predicted octanol–water partition coefficient (Wildman–Crippen LogP) is 7.18. The molecular formula is C25H29F3O2. The second-order valence-corrected chi connectivity index (χ2v) is 7.77. The normalized spacial score (nSPS) is 18.9. The highest BCUT2D eigenvalue weighted by molar-refractivity contribution is 5.66. The maximum Gasteiger partial charge on any atom is 0.167 e. The summed E-state index contributed by atoms with van der Waals surface area (Å²) in [5, 5.41) is 0. The fraction of sp³-hybridized carbons (Fsp3) is 0.440. The molecule has 3 rings (SSSR count). The number of ether oxygens (including phenoxy) is 2. The van der Waals surface area contributed by atoms with Gasteiger partial charge in [-0.05, 0) is 49.8 Å². The topological polar surface area (TPSA) is 18.5 Å². The van der Waals surface area contributed by atoms with Crippen LogP contribution in [0.5, 0.6) is 5.75 Å². The minimum atomic E-state index is -1.03. The molecule has 2 aromatic carbocycles. The van der Waals surface area contributed by atoms with Gasteiger partial charge in [-0.15, -0.1) is 6.58 Å². The SMILES string of the molecule is C=CCCCOc1ccc(-c2ccc(C3CCC(CCC)OC3)c(F)c2F)c(F)c1. The molecule has 2 unspecified atom stereocenters. The first-order valence-electron chi connectivity index (χ1n) is 10.7. The first kappa shape index (κ1) is 22.4. The minimum absolute atomic E-state index is 0.0132. The molecule has 0 bridgehead atoms. The number of allylic oxidation sites excluding steroid dienone is 1. The molecule has 1 aliphatic heterocycles. The largest absolute Gasteiger partial charge is 0.493 e. The Kier molecular flexibility index (Phi) is 7.97. The highest BCUT2D eigenvalue weighted by Gasteiger charge is 2.27. The van der Waals surface area contributed by atoms with E-state index < -0.39 is 17.5 Å². The van der Waals surface area contributed by atoms with Crippen molar-refractivity contribution in [3.8, 4) is 16.9 Å². The summed E-state index contributed by atoms with van der Waals surface area (Å²) < 4.78 is 55.6. The summed E-state index contributed by atoms with van der Waals surface area (Å²) in [6.07, 6.45) is 7.19. The van der Waals surface area contributed by atoms with Crippen LogP contribution in [-0.2, 0) is 4.74 Å². The van der Waals surface area contributed by atoms with Crippen LogP contribution in [0.25, 0.3) is 11.1 Å². The van der Waals surface area contributed by atoms with E-state index in [4.69, 9.17) is 9.47 Å². The van der Waals surface area contributed by atoms with Crippen LogP contribution in [0.1, 0.15) is 56.9 Å². The van der Waals surface area contributed by atoms with E-state index in [1.54, 1.807) is 18.2 Å². The molecule has 0 amide bonds. The molecule has 0 saturated carbocycles. The van der Waals surface area contributed by atoms with Crippen molar-refractivity contribution in [1.29, 1.82) is 0 Å². The Balaban J connectivity index is 1.74. The Labute approximate surface area is 176 Å². The number of hydrogen-bond donors (Lipinski definition) is 0. The molecule has 0 N–H and O–H groups in total. The molecule has 2 nitrogen and oxygen atoms in total. The zero-order valence-corrected chi connectivity index (χ0v) is 17.4. The molecule has 1 heterocycles. The van der Waals surface area contributed by atoms with Gasteiger partial charge in [-0.2, -0.15) is 0 Å². The average molecular weight is 418 g/mol. The predicted molar refractivity (Wildman–Crippen MR) is 113 cm³/mol. The van der Waals surface area contributed by atoms with Gasteiger partial charge in [0.2, 0.25) is 0 Å². The highest BCUT2D eigenvalue weighted by atomic mass is 19.2. The Bertz CT molecular complexity index is 858. The van der Waals surface area contributed by atoms with Crippen LogP contribution < -0.4 is 4.74 Å². The lowest BCUT2D eigenvalue weighted by Gasteiger charge is -2.29. The summed E-state index contributed by atoms with van der Waals surface area (Å²) in [5.41, 5.74) is 0.223. The van der Waals surface area contributed by atoms with Gasteiger partial charge in [0, 0.05) is 23.1 Å². The fourth-order valence-electron chi connectivity index (χ4n) is 3.91. The van der Waals surface area contributed by atoms with Crippen molar-refractivity contribution >= 4 is 0 Å². The summed E-state index contributed by atoms with van der Waals surface area (Å²) in [6.45, 7) is 6.56. The molecule has 0 spiro atoms. The van der Waals surface area contributed by atoms with E-state index in [9.17, 15) is 13.2 Å². The summed E-state index contributed by atoms with van der Waals surface area (Å²) >= 11 is 0. The van der Waals surface area contributed by atoms with Gasteiger partial charge in [-0.3, -0.25) is 0 Å². The van der Waals surface area contributed by atoms with E-state index in [1.807, 2.05) is 0 Å². The van der Waals surface area contributed by atoms with Crippen LogP contribution in [0.15, 0.2) is 43.0 Å². The lowest BCUT2D eigenvalue weighted by Crippen LogP contribution is -2.25. The third-order valence-corrected chi connectivity index (χ3v) is 5.58. The fourth-order valence-corrected chi connectivity index (χ4v) is 3.91. The summed E-state index contributed by atoms with van der Waals surface area (Å²) in [4.78, 5) is 0. The zero-order valence-electron chi connectivity index (χ0n) is 17.4. The molecule has 1 aliphatic rings. The van der Waals surface area contributed by atoms with Crippen molar-refractivity contribution in [3.05, 3.63) is 66.0 Å². The van der Waals surface area contributed by atoms with Gasteiger partial charge in [-0.1, -0.05) is 31.6 Å². The maximum atomic E-state index is 14.8. The highest BCUT2D eigenvalue weighted by Crippen LogP contribution is 2.36. The molecule has 1 fully saturated rings. The minimum Gasteiger partial charge on any atom is -0.493 e. The molecule has 1 saturated heterocycles. The Morgan fingerprint density at radius 1 is 1.10 bits per heavy atom. The van der Waals surface area contributed by atoms with Crippen molar-refractivity contribution in [2.75, 3.05) is 13.2 Å². The lowest BCUT2D eigenvalue weighted by molar-refractivity contribution is -0.00181. The van der Waals surface area contributed by atoms with Crippen molar-refractivity contribution in [2.45, 2.75) is 57.5 Å². The number of benzene rings is 2. The first-order valence-corrected chi connectivity index (χ1v) is 10.7. The van der Waals surface area contributed by atoms with Gasteiger partial charge < -0.3 is 9.47 Å². The maximum absolute atomic E-state index is 14.8. The molecule has 5 heteroatoms. The van der Waals surface area contributed by atoms with Gasteiger partial charge in [0.05, 0.1) is 19.3 Å². The van der Waals surface area contributed by atoms with Gasteiger partial charge in [0.15, 0.2) is 11.6 Å². The van der Waals surface area contributed by atoms with E-state index in [1.165, 1.54) is 18.2 Å². The van der Waals surface area contributed by atoms with Crippen LogP contribution in [0.3, 0.4) is 0 Å². The van der Waals surface area contributed by atoms with E-state index in [0.29, 0.717) is 24.5 Å². The van der Waals surface area contributed by atoms with Crippen molar-refractivity contribution < 1.29 is 22.6 Å². The van der Waals surface area contributed by atoms with Crippen LogP contribution in [0.2, 0.25) is 0 Å². The monoisotopic (exact) mass is 418 g/mol. The molecular weight excluding hydrogens is 389 g/mol. The van der Waals surface area contributed by atoms with Gasteiger partial charge in [-0.25, -0.2) is 13.2 Å². The smallest absolute Gasteiger partial charge is 0.167 e. The number of unbranched alkanes of at least 4 members (excludes halogenated alkanes) is 1. The second-order valence-electron chi connectivity index (χ2n) is 7.77. The molecule has 0 aliphatic carbocycles. The first-order chi connectivity index (χ1) is 14.5. The van der Waals surface area contributed by atoms with E-state index in [-0.39, 0.29) is 23.1 Å². The zero-order chi connectivity index (χ0) is 21.5. The number of hydrogen-bond acceptors (Lipinski definition) is 2. The Hall–Kier alpha value is -2.27. The van der Waals surface area contributed by atoms with Crippen molar-refractivity contribution in [3.63, 3.8) is 0 Å². The van der Waals surface area contributed by atoms with E-state index >= 15 is 0 Å². The van der Waals surface area contributed by atoms with Crippen molar-refractivity contribution in [1.82, 2.24) is 0 Å². The van der Waals surface area contributed by atoms with Gasteiger partial charge in [0.25, 0.3) is 0 Å².